The predicted molar refractivity (Wildman–Crippen MR) is 105 cm³/mol. The maximum Gasteiger partial charge on any atom is 0.410 e. The van der Waals surface area contributed by atoms with Crippen molar-refractivity contribution in [3.05, 3.63) is 36.2 Å². The van der Waals surface area contributed by atoms with Crippen LogP contribution in [0.3, 0.4) is 0 Å². The number of ether oxygens (including phenoxy) is 2. The highest BCUT2D eigenvalue weighted by molar-refractivity contribution is 5.74. The highest BCUT2D eigenvalue weighted by atomic mass is 16.6. The number of fused-ring (bicyclic) bond motifs is 1. The van der Waals surface area contributed by atoms with Crippen LogP contribution in [0.2, 0.25) is 0 Å². The first kappa shape index (κ1) is 19.5. The number of hydrogen-bond donors (Lipinski definition) is 0. The molecule has 6 heteroatoms. The number of carbonyl (C=O) groups is 1. The van der Waals surface area contributed by atoms with Gasteiger partial charge in [-0.05, 0) is 70.7 Å². The van der Waals surface area contributed by atoms with Gasteiger partial charge >= 0.3 is 6.09 Å². The molecule has 1 aliphatic rings. The summed E-state index contributed by atoms with van der Waals surface area (Å²) >= 11 is 0. The van der Waals surface area contributed by atoms with E-state index in [1.807, 2.05) is 43.9 Å². The Morgan fingerprint density at radius 1 is 1.30 bits per heavy atom. The molecule has 6 nitrogen and oxygen atoms in total. The minimum Gasteiger partial charge on any atom is -0.444 e. The maximum absolute atomic E-state index is 12.3. The van der Waals surface area contributed by atoms with E-state index in [0.717, 1.165) is 49.0 Å². The zero-order valence-electron chi connectivity index (χ0n) is 16.5. The SMILES string of the molecule is CC(C)(C)OC(=O)N1CCCC1COCCCc1ccc2cccnc2n1. The van der Waals surface area contributed by atoms with Gasteiger partial charge in [0, 0.05) is 30.4 Å². The topological polar surface area (TPSA) is 64.5 Å². The van der Waals surface area contributed by atoms with E-state index in [1.54, 1.807) is 6.20 Å². The van der Waals surface area contributed by atoms with Gasteiger partial charge in [-0.3, -0.25) is 0 Å². The van der Waals surface area contributed by atoms with Gasteiger partial charge in [0.25, 0.3) is 0 Å². The van der Waals surface area contributed by atoms with Crippen LogP contribution in [0.25, 0.3) is 11.0 Å². The molecule has 0 bridgehead atoms. The summed E-state index contributed by atoms with van der Waals surface area (Å²) in [5.74, 6) is 0. The molecule has 27 heavy (non-hydrogen) atoms. The monoisotopic (exact) mass is 371 g/mol. The Hall–Kier alpha value is -2.21. The molecule has 2 aromatic heterocycles. The van der Waals surface area contributed by atoms with E-state index in [4.69, 9.17) is 9.47 Å². The molecule has 1 unspecified atom stereocenters. The quantitative estimate of drug-likeness (QED) is 0.719. The lowest BCUT2D eigenvalue weighted by Gasteiger charge is -2.28. The van der Waals surface area contributed by atoms with Crippen LogP contribution in [-0.4, -0.2) is 52.4 Å². The summed E-state index contributed by atoms with van der Waals surface area (Å²) in [4.78, 5) is 23.0. The molecule has 2 aromatic rings. The zero-order chi connectivity index (χ0) is 19.3. The Kier molecular flexibility index (Phi) is 6.26. The van der Waals surface area contributed by atoms with Gasteiger partial charge in [-0.25, -0.2) is 14.8 Å². The number of aryl methyl sites for hydroxylation is 1. The lowest BCUT2D eigenvalue weighted by Crippen LogP contribution is -2.41. The number of likely N-dealkylation sites (tertiary alicyclic amines) is 1. The number of pyridine rings is 2. The summed E-state index contributed by atoms with van der Waals surface area (Å²) in [5, 5.41) is 1.06. The Bertz CT molecular complexity index is 773. The molecular formula is C21H29N3O3. The smallest absolute Gasteiger partial charge is 0.410 e. The molecule has 1 atom stereocenters. The van der Waals surface area contributed by atoms with E-state index >= 15 is 0 Å². The van der Waals surface area contributed by atoms with Crippen LogP contribution in [0.4, 0.5) is 4.79 Å². The lowest BCUT2D eigenvalue weighted by molar-refractivity contribution is 0.0105. The van der Waals surface area contributed by atoms with E-state index in [-0.39, 0.29) is 12.1 Å². The van der Waals surface area contributed by atoms with Crippen LogP contribution in [0.5, 0.6) is 0 Å². The average Bonchev–Trinajstić information content (AvgIpc) is 3.08. The van der Waals surface area contributed by atoms with Gasteiger partial charge < -0.3 is 14.4 Å². The van der Waals surface area contributed by atoms with Gasteiger partial charge in [0.05, 0.1) is 12.6 Å². The lowest BCUT2D eigenvalue weighted by atomic mass is 10.2. The summed E-state index contributed by atoms with van der Waals surface area (Å²) in [6.07, 6.45) is 5.25. The third-order valence-corrected chi connectivity index (χ3v) is 4.56. The van der Waals surface area contributed by atoms with Gasteiger partial charge in [-0.1, -0.05) is 0 Å². The third kappa shape index (κ3) is 5.63. The molecule has 0 aromatic carbocycles. The molecule has 3 heterocycles. The number of carbonyl (C=O) groups excluding carboxylic acids is 1. The second-order valence-electron chi connectivity index (χ2n) is 8.00. The molecule has 0 radical (unpaired) electrons. The van der Waals surface area contributed by atoms with Crippen LogP contribution in [-0.2, 0) is 15.9 Å². The van der Waals surface area contributed by atoms with Crippen molar-refractivity contribution in [3.63, 3.8) is 0 Å². The fourth-order valence-electron chi connectivity index (χ4n) is 3.28. The first-order valence-electron chi connectivity index (χ1n) is 9.70. The third-order valence-electron chi connectivity index (χ3n) is 4.56. The second-order valence-corrected chi connectivity index (χ2v) is 8.00. The minimum absolute atomic E-state index is 0.114. The first-order valence-corrected chi connectivity index (χ1v) is 9.70. The van der Waals surface area contributed by atoms with Crippen molar-refractivity contribution in [2.75, 3.05) is 19.8 Å². The largest absolute Gasteiger partial charge is 0.444 e. The van der Waals surface area contributed by atoms with Gasteiger partial charge in [-0.15, -0.1) is 0 Å². The molecular weight excluding hydrogens is 342 g/mol. The highest BCUT2D eigenvalue weighted by Crippen LogP contribution is 2.21. The second kappa shape index (κ2) is 8.65. The molecule has 1 amide bonds. The Morgan fingerprint density at radius 2 is 2.15 bits per heavy atom. The fraction of sp³-hybridized carbons (Fsp3) is 0.571. The molecule has 1 saturated heterocycles. The van der Waals surface area contributed by atoms with E-state index in [2.05, 4.69) is 16.0 Å². The summed E-state index contributed by atoms with van der Waals surface area (Å²) in [7, 11) is 0. The Morgan fingerprint density at radius 3 is 2.96 bits per heavy atom. The molecule has 0 saturated carbocycles. The molecule has 1 fully saturated rings. The zero-order valence-corrected chi connectivity index (χ0v) is 16.5. The number of nitrogens with zero attached hydrogens (tertiary/aromatic N) is 3. The molecule has 0 spiro atoms. The van der Waals surface area contributed by atoms with E-state index in [1.165, 1.54) is 0 Å². The van der Waals surface area contributed by atoms with Crippen LogP contribution >= 0.6 is 0 Å². The number of rotatable bonds is 6. The van der Waals surface area contributed by atoms with Crippen molar-refractivity contribution in [2.24, 2.45) is 0 Å². The maximum atomic E-state index is 12.3. The van der Waals surface area contributed by atoms with Gasteiger partial charge in [-0.2, -0.15) is 0 Å². The summed E-state index contributed by atoms with van der Waals surface area (Å²) < 4.78 is 11.3. The first-order chi connectivity index (χ1) is 12.9. The van der Waals surface area contributed by atoms with Crippen molar-refractivity contribution in [3.8, 4) is 0 Å². The number of hydrogen-bond acceptors (Lipinski definition) is 5. The van der Waals surface area contributed by atoms with Gasteiger partial charge in [0.1, 0.15) is 5.60 Å². The van der Waals surface area contributed by atoms with E-state index in [9.17, 15) is 4.79 Å². The summed E-state index contributed by atoms with van der Waals surface area (Å²) in [6.45, 7) is 7.64. The normalized spacial score (nSPS) is 17.4. The van der Waals surface area contributed by atoms with Crippen molar-refractivity contribution in [1.29, 1.82) is 0 Å². The molecule has 146 valence electrons. The van der Waals surface area contributed by atoms with Crippen molar-refractivity contribution in [2.45, 2.75) is 58.1 Å². The van der Waals surface area contributed by atoms with E-state index < -0.39 is 5.60 Å². The van der Waals surface area contributed by atoms with Crippen molar-refractivity contribution < 1.29 is 14.3 Å². The summed E-state index contributed by atoms with van der Waals surface area (Å²) in [5.41, 5.74) is 1.35. The van der Waals surface area contributed by atoms with Crippen LogP contribution in [0, 0.1) is 0 Å². The van der Waals surface area contributed by atoms with Gasteiger partial charge in [0.15, 0.2) is 5.65 Å². The van der Waals surface area contributed by atoms with Crippen molar-refractivity contribution in [1.82, 2.24) is 14.9 Å². The Labute approximate surface area is 160 Å². The highest BCUT2D eigenvalue weighted by Gasteiger charge is 2.32. The molecule has 3 rings (SSSR count). The predicted octanol–water partition coefficient (Wildman–Crippen LogP) is 3.98. The number of aromatic nitrogens is 2. The summed E-state index contributed by atoms with van der Waals surface area (Å²) in [6, 6.07) is 8.15. The van der Waals surface area contributed by atoms with Crippen LogP contribution in [0.15, 0.2) is 30.5 Å². The van der Waals surface area contributed by atoms with Crippen LogP contribution < -0.4 is 0 Å². The minimum atomic E-state index is -0.465. The standard InChI is InChI=1S/C21H29N3O3/c1-21(2,3)27-20(25)24-13-5-9-18(24)15-26-14-6-8-17-11-10-16-7-4-12-22-19(16)23-17/h4,7,10-12,18H,5-6,8-9,13-15H2,1-3H3. The number of amides is 1. The molecule has 0 N–H and O–H groups in total. The van der Waals surface area contributed by atoms with E-state index in [0.29, 0.717) is 13.2 Å². The molecule has 1 aliphatic heterocycles. The molecule has 0 aliphatic carbocycles. The van der Waals surface area contributed by atoms with Gasteiger partial charge in [0.2, 0.25) is 0 Å². The van der Waals surface area contributed by atoms with Crippen LogP contribution in [0.1, 0.15) is 45.7 Å². The fourth-order valence-corrected chi connectivity index (χ4v) is 3.28. The average molecular weight is 371 g/mol. The van der Waals surface area contributed by atoms with Crippen molar-refractivity contribution >= 4 is 17.1 Å². The Balaban J connectivity index is 1.40.